The molecule has 0 saturated carbocycles. The van der Waals surface area contributed by atoms with E-state index in [1.165, 1.54) is 24.3 Å². The molecule has 1 heterocycles. The van der Waals surface area contributed by atoms with Crippen molar-refractivity contribution in [1.82, 2.24) is 9.55 Å². The first-order valence-corrected chi connectivity index (χ1v) is 7.09. The van der Waals surface area contributed by atoms with Crippen LogP contribution in [0.2, 0.25) is 0 Å². The number of benzene rings is 2. The van der Waals surface area contributed by atoms with Crippen LogP contribution in [0.15, 0.2) is 42.5 Å². The Hall–Kier alpha value is -2.01. The fraction of sp³-hybridized carbons (Fsp3) is 0.188. The number of hydrogen-bond donors (Lipinski definition) is 1. The largest absolute Gasteiger partial charge is 0.331 e. The van der Waals surface area contributed by atoms with E-state index in [4.69, 9.17) is 12.2 Å². The number of nitrogens with one attached hydrogen (secondary N) is 1. The van der Waals surface area contributed by atoms with E-state index in [-0.39, 0.29) is 17.7 Å². The topological polar surface area (TPSA) is 20.7 Å². The second-order valence-corrected chi connectivity index (χ2v) is 5.53. The van der Waals surface area contributed by atoms with Crippen LogP contribution < -0.4 is 0 Å². The minimum absolute atomic E-state index is 0.0403. The molecule has 1 atom stereocenters. The van der Waals surface area contributed by atoms with E-state index in [9.17, 15) is 8.78 Å². The van der Waals surface area contributed by atoms with Crippen molar-refractivity contribution in [2.24, 2.45) is 0 Å². The molecule has 3 aromatic rings. The zero-order chi connectivity index (χ0) is 15.0. The summed E-state index contributed by atoms with van der Waals surface area (Å²) in [6.07, 6.45) is 0.693. The van der Waals surface area contributed by atoms with Crippen molar-refractivity contribution < 1.29 is 8.78 Å². The van der Waals surface area contributed by atoms with Crippen LogP contribution in [-0.2, 0) is 6.42 Å². The number of aromatic nitrogens is 2. The lowest BCUT2D eigenvalue weighted by Gasteiger charge is -2.15. The third kappa shape index (κ3) is 2.74. The van der Waals surface area contributed by atoms with Gasteiger partial charge in [-0.25, -0.2) is 8.78 Å². The molecular weight excluding hydrogens is 290 g/mol. The van der Waals surface area contributed by atoms with Crippen LogP contribution in [0.1, 0.15) is 18.5 Å². The van der Waals surface area contributed by atoms with Gasteiger partial charge in [-0.1, -0.05) is 12.1 Å². The molecule has 0 aliphatic rings. The first kappa shape index (κ1) is 13.9. The Morgan fingerprint density at radius 2 is 1.76 bits per heavy atom. The lowest BCUT2D eigenvalue weighted by molar-refractivity contribution is 0.550. The highest BCUT2D eigenvalue weighted by molar-refractivity contribution is 7.71. The standard InChI is InChI=1S/C16H14F2N2S/c1-10(8-11-2-4-12(17)5-3-11)20-15-9-13(18)6-7-14(15)19-16(20)21/h2-7,9-10H,8H2,1H3,(H,19,21). The molecule has 3 rings (SSSR count). The van der Waals surface area contributed by atoms with E-state index in [0.29, 0.717) is 11.2 Å². The average Bonchev–Trinajstić information content (AvgIpc) is 2.76. The molecule has 21 heavy (non-hydrogen) atoms. The minimum atomic E-state index is -0.292. The van der Waals surface area contributed by atoms with Gasteiger partial charge in [-0.3, -0.25) is 0 Å². The van der Waals surface area contributed by atoms with Crippen molar-refractivity contribution in [3.05, 3.63) is 64.4 Å². The number of hydrogen-bond acceptors (Lipinski definition) is 1. The number of rotatable bonds is 3. The van der Waals surface area contributed by atoms with E-state index >= 15 is 0 Å². The van der Waals surface area contributed by atoms with Gasteiger partial charge in [0.05, 0.1) is 11.0 Å². The number of fused-ring (bicyclic) bond motifs is 1. The molecule has 108 valence electrons. The molecule has 0 spiro atoms. The number of aromatic amines is 1. The van der Waals surface area contributed by atoms with Crippen LogP contribution in [0, 0.1) is 16.4 Å². The van der Waals surface area contributed by atoms with Gasteiger partial charge in [0.2, 0.25) is 0 Å². The summed E-state index contributed by atoms with van der Waals surface area (Å²) >= 11 is 5.33. The van der Waals surface area contributed by atoms with E-state index in [0.717, 1.165) is 16.6 Å². The maximum atomic E-state index is 13.5. The Kier molecular flexibility index (Phi) is 3.59. The third-order valence-corrected chi connectivity index (χ3v) is 3.86. The summed E-state index contributed by atoms with van der Waals surface area (Å²) < 4.78 is 28.9. The highest BCUT2D eigenvalue weighted by Gasteiger charge is 2.12. The van der Waals surface area contributed by atoms with Gasteiger partial charge in [0, 0.05) is 6.04 Å². The summed E-state index contributed by atoms with van der Waals surface area (Å²) in [5.74, 6) is -0.545. The van der Waals surface area contributed by atoms with Crippen molar-refractivity contribution >= 4 is 23.3 Å². The number of halogens is 2. The van der Waals surface area contributed by atoms with Crippen LogP contribution >= 0.6 is 12.2 Å². The third-order valence-electron chi connectivity index (χ3n) is 3.56. The maximum absolute atomic E-state index is 13.5. The Balaban J connectivity index is 1.99. The number of nitrogens with zero attached hydrogens (tertiary/aromatic N) is 1. The highest BCUT2D eigenvalue weighted by Crippen LogP contribution is 2.23. The van der Waals surface area contributed by atoms with Gasteiger partial charge in [-0.15, -0.1) is 0 Å². The van der Waals surface area contributed by atoms with Crippen molar-refractivity contribution in [3.63, 3.8) is 0 Å². The van der Waals surface area contributed by atoms with Crippen LogP contribution in [0.3, 0.4) is 0 Å². The molecule has 0 fully saturated rings. The van der Waals surface area contributed by atoms with Gasteiger partial charge in [0.15, 0.2) is 4.77 Å². The molecule has 0 amide bonds. The summed E-state index contributed by atoms with van der Waals surface area (Å²) in [4.78, 5) is 3.08. The summed E-state index contributed by atoms with van der Waals surface area (Å²) in [5.41, 5.74) is 2.57. The molecule has 2 nitrogen and oxygen atoms in total. The first-order valence-electron chi connectivity index (χ1n) is 6.69. The van der Waals surface area contributed by atoms with Crippen LogP contribution in [0.5, 0.6) is 0 Å². The quantitative estimate of drug-likeness (QED) is 0.691. The minimum Gasteiger partial charge on any atom is -0.331 e. The van der Waals surface area contributed by atoms with Crippen molar-refractivity contribution in [2.75, 3.05) is 0 Å². The first-order chi connectivity index (χ1) is 10.0. The van der Waals surface area contributed by atoms with Gasteiger partial charge >= 0.3 is 0 Å². The van der Waals surface area contributed by atoms with Crippen molar-refractivity contribution in [1.29, 1.82) is 0 Å². The van der Waals surface area contributed by atoms with Gasteiger partial charge in [0.1, 0.15) is 11.6 Å². The number of H-pyrrole nitrogens is 1. The summed E-state index contributed by atoms with van der Waals surface area (Å²) in [6.45, 7) is 2.01. The lowest BCUT2D eigenvalue weighted by atomic mass is 10.1. The zero-order valence-corrected chi connectivity index (χ0v) is 12.3. The molecule has 1 aromatic heterocycles. The van der Waals surface area contributed by atoms with Gasteiger partial charge in [0.25, 0.3) is 0 Å². The SMILES string of the molecule is CC(Cc1ccc(F)cc1)n1c(=S)[nH]c2ccc(F)cc21. The van der Waals surface area contributed by atoms with Crippen molar-refractivity contribution in [3.8, 4) is 0 Å². The Morgan fingerprint density at radius 1 is 1.10 bits per heavy atom. The molecule has 5 heteroatoms. The molecule has 1 N–H and O–H groups in total. The summed E-state index contributed by atoms with van der Waals surface area (Å²) in [6, 6.07) is 11.0. The molecule has 2 aromatic carbocycles. The predicted octanol–water partition coefficient (Wildman–Crippen LogP) is 4.78. The lowest BCUT2D eigenvalue weighted by Crippen LogP contribution is -2.08. The van der Waals surface area contributed by atoms with Gasteiger partial charge < -0.3 is 9.55 Å². The fourth-order valence-electron chi connectivity index (χ4n) is 2.59. The monoisotopic (exact) mass is 304 g/mol. The van der Waals surface area contributed by atoms with E-state index in [1.807, 2.05) is 11.5 Å². The van der Waals surface area contributed by atoms with Crippen LogP contribution in [0.25, 0.3) is 11.0 Å². The van der Waals surface area contributed by atoms with E-state index in [2.05, 4.69) is 4.98 Å². The Labute approximate surface area is 126 Å². The zero-order valence-electron chi connectivity index (χ0n) is 11.4. The maximum Gasteiger partial charge on any atom is 0.178 e. The van der Waals surface area contributed by atoms with E-state index < -0.39 is 0 Å². The molecule has 0 aliphatic heterocycles. The molecule has 0 saturated heterocycles. The second kappa shape index (κ2) is 5.41. The Bertz CT molecular complexity index is 834. The van der Waals surface area contributed by atoms with Crippen LogP contribution in [0.4, 0.5) is 8.78 Å². The van der Waals surface area contributed by atoms with Crippen molar-refractivity contribution in [2.45, 2.75) is 19.4 Å². The highest BCUT2D eigenvalue weighted by atomic mass is 32.1. The second-order valence-electron chi connectivity index (χ2n) is 5.14. The van der Waals surface area contributed by atoms with Gasteiger partial charge in [-0.2, -0.15) is 0 Å². The molecule has 0 radical (unpaired) electrons. The smallest absolute Gasteiger partial charge is 0.178 e. The van der Waals surface area contributed by atoms with Gasteiger partial charge in [-0.05, 0) is 61.5 Å². The molecule has 0 bridgehead atoms. The normalized spacial score (nSPS) is 12.7. The number of imidazole rings is 1. The van der Waals surface area contributed by atoms with E-state index in [1.54, 1.807) is 18.2 Å². The van der Waals surface area contributed by atoms with Crippen LogP contribution in [-0.4, -0.2) is 9.55 Å². The molecular formula is C16H14F2N2S. The molecule has 1 unspecified atom stereocenters. The summed E-state index contributed by atoms with van der Waals surface area (Å²) in [5, 5.41) is 0. The molecule has 0 aliphatic carbocycles. The fourth-order valence-corrected chi connectivity index (χ4v) is 2.97. The predicted molar refractivity (Wildman–Crippen MR) is 81.9 cm³/mol. The average molecular weight is 304 g/mol. The summed E-state index contributed by atoms with van der Waals surface area (Å²) in [7, 11) is 0. The Morgan fingerprint density at radius 3 is 2.48 bits per heavy atom.